The molecular formula is C19H16O7. The molecule has 3 aromatic rings. The largest absolute Gasteiger partial charge is 0.502 e. The molecule has 7 heteroatoms. The van der Waals surface area contributed by atoms with Crippen LogP contribution in [-0.2, 0) is 6.42 Å². The minimum Gasteiger partial charge on any atom is -0.502 e. The maximum Gasteiger partial charge on any atom is 0.238 e. The highest BCUT2D eigenvalue weighted by Crippen LogP contribution is 2.45. The Bertz CT molecular complexity index is 1110. The lowest BCUT2D eigenvalue weighted by molar-refractivity contribution is 0.341. The number of rotatable bonds is 4. The third-order valence-corrected chi connectivity index (χ3v) is 4.50. The molecular weight excluding hydrogens is 340 g/mol. The molecule has 0 radical (unpaired) electrons. The molecule has 134 valence electrons. The number of phenolic OH excluding ortho intramolecular Hbond substituents is 1. The molecule has 0 saturated carbocycles. The van der Waals surface area contributed by atoms with Crippen LogP contribution in [0.25, 0.3) is 22.3 Å². The SMILES string of the molecule is COc1cc2oc(-c3cc4c(c(OC)c3)C4)c(O)c(=O)c2c(OC)c1O. The van der Waals surface area contributed by atoms with Gasteiger partial charge in [-0.15, -0.1) is 0 Å². The Hall–Kier alpha value is -3.35. The fourth-order valence-electron chi connectivity index (χ4n) is 3.13. The van der Waals surface area contributed by atoms with Crippen LogP contribution in [0.1, 0.15) is 11.1 Å². The van der Waals surface area contributed by atoms with E-state index in [0.717, 1.165) is 17.5 Å². The van der Waals surface area contributed by atoms with Gasteiger partial charge in [0.2, 0.25) is 16.9 Å². The first-order chi connectivity index (χ1) is 12.5. The summed E-state index contributed by atoms with van der Waals surface area (Å²) in [6.07, 6.45) is 0.803. The molecule has 26 heavy (non-hydrogen) atoms. The first kappa shape index (κ1) is 16.1. The number of benzene rings is 2. The van der Waals surface area contributed by atoms with Crippen molar-refractivity contribution in [1.82, 2.24) is 0 Å². The van der Waals surface area contributed by atoms with Crippen LogP contribution in [0.4, 0.5) is 0 Å². The van der Waals surface area contributed by atoms with E-state index in [4.69, 9.17) is 18.6 Å². The summed E-state index contributed by atoms with van der Waals surface area (Å²) in [7, 11) is 4.24. The number of ether oxygens (including phenoxy) is 3. The van der Waals surface area contributed by atoms with Gasteiger partial charge in [0.25, 0.3) is 0 Å². The predicted molar refractivity (Wildman–Crippen MR) is 93.7 cm³/mol. The number of fused-ring (bicyclic) bond motifs is 2. The third-order valence-electron chi connectivity index (χ3n) is 4.50. The summed E-state index contributed by atoms with van der Waals surface area (Å²) in [5, 5.41) is 20.5. The van der Waals surface area contributed by atoms with Crippen LogP contribution in [0.5, 0.6) is 28.7 Å². The van der Waals surface area contributed by atoms with Gasteiger partial charge in [-0.25, -0.2) is 0 Å². The zero-order valence-electron chi connectivity index (χ0n) is 14.4. The number of hydrogen-bond donors (Lipinski definition) is 2. The second kappa shape index (κ2) is 5.59. The molecule has 2 aromatic carbocycles. The van der Waals surface area contributed by atoms with Crippen molar-refractivity contribution in [2.75, 3.05) is 21.3 Å². The van der Waals surface area contributed by atoms with Gasteiger partial charge in [0.1, 0.15) is 16.7 Å². The van der Waals surface area contributed by atoms with Gasteiger partial charge >= 0.3 is 0 Å². The van der Waals surface area contributed by atoms with Gasteiger partial charge in [-0.2, -0.15) is 0 Å². The minimum atomic E-state index is -0.708. The Morgan fingerprint density at radius 2 is 1.69 bits per heavy atom. The van der Waals surface area contributed by atoms with Crippen LogP contribution in [-0.4, -0.2) is 31.5 Å². The average molecular weight is 356 g/mol. The second-order valence-corrected chi connectivity index (χ2v) is 5.94. The molecule has 0 spiro atoms. The molecule has 0 fully saturated rings. The molecule has 0 unspecified atom stereocenters. The van der Waals surface area contributed by atoms with Gasteiger partial charge in [-0.05, 0) is 17.7 Å². The number of aromatic hydroxyl groups is 2. The van der Waals surface area contributed by atoms with Crippen molar-refractivity contribution in [1.29, 1.82) is 0 Å². The summed E-state index contributed by atoms with van der Waals surface area (Å²) in [5.74, 6) is -0.234. The predicted octanol–water partition coefficient (Wildman–Crippen LogP) is 2.80. The topological polar surface area (TPSA) is 98.4 Å². The van der Waals surface area contributed by atoms with Crippen LogP contribution in [0, 0.1) is 0 Å². The highest BCUT2D eigenvalue weighted by Gasteiger charge is 2.27. The summed E-state index contributed by atoms with van der Waals surface area (Å²) in [5.41, 5.74) is 2.12. The van der Waals surface area contributed by atoms with E-state index in [2.05, 4.69) is 0 Å². The quantitative estimate of drug-likeness (QED) is 0.580. The maximum absolute atomic E-state index is 12.7. The number of hydrogen-bond acceptors (Lipinski definition) is 7. The Kier molecular flexibility index (Phi) is 3.47. The minimum absolute atomic E-state index is 0.0188. The van der Waals surface area contributed by atoms with E-state index in [0.29, 0.717) is 11.3 Å². The molecule has 4 rings (SSSR count). The summed E-state index contributed by atoms with van der Waals surface area (Å²) < 4.78 is 21.4. The van der Waals surface area contributed by atoms with Gasteiger partial charge in [-0.3, -0.25) is 4.79 Å². The number of phenols is 1. The average Bonchev–Trinajstić information content (AvgIpc) is 3.43. The van der Waals surface area contributed by atoms with E-state index in [1.807, 2.05) is 6.07 Å². The van der Waals surface area contributed by atoms with Crippen molar-refractivity contribution >= 4 is 11.0 Å². The van der Waals surface area contributed by atoms with E-state index in [9.17, 15) is 15.0 Å². The van der Waals surface area contributed by atoms with Crippen molar-refractivity contribution < 1.29 is 28.8 Å². The lowest BCUT2D eigenvalue weighted by Crippen LogP contribution is -2.05. The van der Waals surface area contributed by atoms with Crippen molar-refractivity contribution in [3.8, 4) is 40.1 Å². The lowest BCUT2D eigenvalue weighted by Gasteiger charge is -2.12. The molecule has 0 aliphatic heterocycles. The molecule has 1 aromatic heterocycles. The van der Waals surface area contributed by atoms with E-state index in [-0.39, 0.29) is 34.0 Å². The first-order valence-electron chi connectivity index (χ1n) is 7.84. The first-order valence-corrected chi connectivity index (χ1v) is 7.84. The Balaban J connectivity index is 2.04. The van der Waals surface area contributed by atoms with Crippen molar-refractivity contribution in [3.05, 3.63) is 39.5 Å². The Labute approximate surface area is 148 Å². The smallest absolute Gasteiger partial charge is 0.238 e. The molecule has 2 N–H and O–H groups in total. The highest BCUT2D eigenvalue weighted by molar-refractivity contribution is 5.91. The second-order valence-electron chi connectivity index (χ2n) is 5.94. The van der Waals surface area contributed by atoms with Gasteiger partial charge in [0, 0.05) is 23.6 Å². The van der Waals surface area contributed by atoms with Crippen LogP contribution < -0.4 is 19.6 Å². The Morgan fingerprint density at radius 1 is 0.962 bits per heavy atom. The third kappa shape index (κ3) is 2.17. The summed E-state index contributed by atoms with van der Waals surface area (Å²) >= 11 is 0. The summed E-state index contributed by atoms with van der Waals surface area (Å²) in [6, 6.07) is 4.94. The molecule has 0 amide bonds. The molecule has 0 atom stereocenters. The Morgan fingerprint density at radius 3 is 2.35 bits per heavy atom. The zero-order chi connectivity index (χ0) is 18.6. The number of methoxy groups -OCH3 is 3. The van der Waals surface area contributed by atoms with E-state index >= 15 is 0 Å². The van der Waals surface area contributed by atoms with Crippen LogP contribution >= 0.6 is 0 Å². The van der Waals surface area contributed by atoms with E-state index in [1.165, 1.54) is 20.3 Å². The van der Waals surface area contributed by atoms with Crippen LogP contribution in [0.3, 0.4) is 0 Å². The molecule has 0 saturated heterocycles. The zero-order valence-corrected chi connectivity index (χ0v) is 14.4. The van der Waals surface area contributed by atoms with Crippen molar-refractivity contribution in [3.63, 3.8) is 0 Å². The van der Waals surface area contributed by atoms with Gasteiger partial charge < -0.3 is 28.8 Å². The van der Waals surface area contributed by atoms with Gasteiger partial charge in [0.15, 0.2) is 17.3 Å². The summed E-state index contributed by atoms with van der Waals surface area (Å²) in [4.78, 5) is 12.7. The highest BCUT2D eigenvalue weighted by atomic mass is 16.5. The maximum atomic E-state index is 12.7. The van der Waals surface area contributed by atoms with Crippen molar-refractivity contribution in [2.24, 2.45) is 0 Å². The van der Waals surface area contributed by atoms with Crippen LogP contribution in [0.15, 0.2) is 27.4 Å². The summed E-state index contributed by atoms with van der Waals surface area (Å²) in [6.45, 7) is 0. The molecule has 7 nitrogen and oxygen atoms in total. The lowest BCUT2D eigenvalue weighted by atomic mass is 10.1. The molecule has 1 heterocycles. The standard InChI is InChI=1S/C19H16O7/c1-23-11-6-9(4-8-5-10(8)11)18-17(22)16(21)14-12(26-18)7-13(24-2)15(20)19(14)25-3/h4,6-7,20,22H,5H2,1-3H3. The fraction of sp³-hybridized carbons (Fsp3) is 0.211. The normalized spacial score (nSPS) is 12.0. The van der Waals surface area contributed by atoms with E-state index in [1.54, 1.807) is 13.2 Å². The van der Waals surface area contributed by atoms with Crippen LogP contribution in [0.2, 0.25) is 0 Å². The van der Waals surface area contributed by atoms with Crippen molar-refractivity contribution in [2.45, 2.75) is 6.42 Å². The monoisotopic (exact) mass is 356 g/mol. The van der Waals surface area contributed by atoms with Gasteiger partial charge in [0.05, 0.1) is 21.3 Å². The van der Waals surface area contributed by atoms with Gasteiger partial charge in [-0.1, -0.05) is 0 Å². The van der Waals surface area contributed by atoms with E-state index < -0.39 is 11.2 Å². The molecule has 0 bridgehead atoms. The molecule has 1 aliphatic carbocycles. The fourth-order valence-corrected chi connectivity index (χ4v) is 3.13. The molecule has 1 aliphatic rings.